The molecule has 1 aromatic rings. The third-order valence-corrected chi connectivity index (χ3v) is 16.0. The molecule has 0 aromatic heterocycles. The minimum absolute atomic E-state index is 0.133. The summed E-state index contributed by atoms with van der Waals surface area (Å²) in [4.78, 5) is 237. The standard InChI is InChI=1S/C76H125N15O25/c1-41(2)39-51-63(102)86-46(30-35-78-68(108)113-73(8,9)10)59(98)85-49(33-38-81-71(111)116-76(17,18)19)62(101)91-56(42(3)92)65(104)77-34-29-45(58(97)84-47(31-36-79-69(109)114-74(11,12)13)61(100)89-52(64(103)88-51)40-44-23-21-20-22-24-44)83-60(99)48(32-37-80-70(110)115-75(14,15)16)87-66(105)57(43(4)93)90-54(95)27-26-53(94)82-50(67(106)107)25-28-55(96)112-72(5,6)7/h20-24,41-43,45-52,56-57,92-93H,25-40H2,1-19H3,(H,77,104)(H,78,108)(H,79,109)(H,80,110)(H,81,111)(H,82,94)(H,83,99)(H,84,97)(H,85,98)(H,86,102)(H,87,105)(H,88,103)(H,89,100)(H,90,95)(H,91,101)(H,106,107)/t42-,43-,45+,46-,47-,48-,49-,50-,51-,52-,56+,57-/m0/s1. The molecule has 0 radical (unpaired) electrons. The van der Waals surface area contributed by atoms with Crippen LogP contribution in [0.5, 0.6) is 0 Å². The van der Waals surface area contributed by atoms with Crippen molar-refractivity contribution in [1.29, 1.82) is 0 Å². The van der Waals surface area contributed by atoms with Crippen LogP contribution in [0, 0.1) is 5.92 Å². The van der Waals surface area contributed by atoms with Crippen LogP contribution < -0.4 is 79.8 Å². The first kappa shape index (κ1) is 101. The normalized spacial score (nSPS) is 19.9. The van der Waals surface area contributed by atoms with Crippen molar-refractivity contribution >= 4 is 101 Å². The van der Waals surface area contributed by atoms with E-state index >= 15 is 19.2 Å². The molecule has 0 saturated carbocycles. The Morgan fingerprint density at radius 2 is 0.845 bits per heavy atom. The first-order chi connectivity index (χ1) is 53.5. The number of alkyl carbamates (subject to hydrolysis) is 4. The van der Waals surface area contributed by atoms with E-state index in [1.165, 1.54) is 0 Å². The lowest BCUT2D eigenvalue weighted by molar-refractivity contribution is -0.155. The van der Waals surface area contributed by atoms with Crippen LogP contribution in [0.15, 0.2) is 30.3 Å². The molecule has 116 heavy (non-hydrogen) atoms. The van der Waals surface area contributed by atoms with E-state index in [-0.39, 0.29) is 25.8 Å². The number of esters is 1. The van der Waals surface area contributed by atoms with Crippen LogP contribution in [0.2, 0.25) is 0 Å². The van der Waals surface area contributed by atoms with Gasteiger partial charge in [0.05, 0.1) is 12.2 Å². The van der Waals surface area contributed by atoms with Crippen LogP contribution in [-0.4, -0.2) is 250 Å². The van der Waals surface area contributed by atoms with Gasteiger partial charge in [0.2, 0.25) is 65.0 Å². The number of aliphatic carboxylic acids is 1. The van der Waals surface area contributed by atoms with Crippen molar-refractivity contribution in [2.45, 2.75) is 303 Å². The van der Waals surface area contributed by atoms with Crippen molar-refractivity contribution in [3.05, 3.63) is 35.9 Å². The van der Waals surface area contributed by atoms with Gasteiger partial charge in [-0.1, -0.05) is 44.2 Å². The third kappa shape index (κ3) is 43.2. The first-order valence-corrected chi connectivity index (χ1v) is 38.5. The van der Waals surface area contributed by atoms with E-state index < -0.39 is 285 Å². The summed E-state index contributed by atoms with van der Waals surface area (Å²) < 4.78 is 26.7. The summed E-state index contributed by atoms with van der Waals surface area (Å²) in [6.07, 6.45) is -12.7. The van der Waals surface area contributed by atoms with Gasteiger partial charge in [-0.2, -0.15) is 0 Å². The minimum atomic E-state index is -1.96. The van der Waals surface area contributed by atoms with E-state index in [9.17, 15) is 77.6 Å². The first-order valence-electron chi connectivity index (χ1n) is 38.5. The number of hydrogen-bond acceptors (Lipinski definition) is 24. The van der Waals surface area contributed by atoms with E-state index in [0.29, 0.717) is 5.56 Å². The predicted molar refractivity (Wildman–Crippen MR) is 417 cm³/mol. The van der Waals surface area contributed by atoms with Crippen LogP contribution >= 0.6 is 0 Å². The molecule has 1 heterocycles. The van der Waals surface area contributed by atoms with Gasteiger partial charge in [-0.05, 0) is 174 Å². The van der Waals surface area contributed by atoms with Gasteiger partial charge in [0.1, 0.15) is 88.4 Å². The summed E-state index contributed by atoms with van der Waals surface area (Å²) in [7, 11) is 0. The summed E-state index contributed by atoms with van der Waals surface area (Å²) in [6, 6.07) is -9.57. The third-order valence-electron chi connectivity index (χ3n) is 16.0. The van der Waals surface area contributed by atoms with Crippen LogP contribution in [0.1, 0.15) is 201 Å². The molecule has 40 nitrogen and oxygen atoms in total. The van der Waals surface area contributed by atoms with E-state index in [1.54, 1.807) is 148 Å². The van der Waals surface area contributed by atoms with Crippen LogP contribution in [0.25, 0.3) is 0 Å². The van der Waals surface area contributed by atoms with E-state index in [0.717, 1.165) is 13.8 Å². The number of nitrogens with one attached hydrogen (secondary N) is 15. The molecule has 0 aliphatic carbocycles. The second-order valence-electron chi connectivity index (χ2n) is 33.3. The van der Waals surface area contributed by atoms with Gasteiger partial charge in [-0.3, -0.25) is 57.5 Å². The summed E-state index contributed by atoms with van der Waals surface area (Å²) in [6.45, 7) is 26.9. The van der Waals surface area contributed by atoms with Gasteiger partial charge in [0.25, 0.3) is 0 Å². The molecule has 1 aromatic carbocycles. The number of carbonyl (C=O) groups excluding carboxylic acids is 16. The Balaban J connectivity index is 3.03. The van der Waals surface area contributed by atoms with Gasteiger partial charge in [-0.25, -0.2) is 24.0 Å². The zero-order valence-electron chi connectivity index (χ0n) is 70.0. The predicted octanol–water partition coefficient (Wildman–Crippen LogP) is 0.0506. The van der Waals surface area contributed by atoms with E-state index in [4.69, 9.17) is 23.7 Å². The maximum absolute atomic E-state index is 15.3. The molecule has 12 atom stereocenters. The largest absolute Gasteiger partial charge is 0.480 e. The number of carboxylic acids is 1. The van der Waals surface area contributed by atoms with Gasteiger partial charge < -0.3 is 119 Å². The highest BCUT2D eigenvalue weighted by Crippen LogP contribution is 2.16. The van der Waals surface area contributed by atoms with Crippen LogP contribution in [0.4, 0.5) is 19.2 Å². The molecule has 0 bridgehead atoms. The fourth-order valence-corrected chi connectivity index (χ4v) is 10.7. The molecule has 2 rings (SSSR count). The number of hydrogen-bond donors (Lipinski definition) is 18. The molecular weight excluding hydrogens is 1520 g/mol. The lowest BCUT2D eigenvalue weighted by atomic mass is 10.00. The van der Waals surface area contributed by atoms with Gasteiger partial charge >= 0.3 is 36.3 Å². The fourth-order valence-electron chi connectivity index (χ4n) is 10.7. The number of carboxylic acid groups (broad SMARTS) is 1. The molecule has 654 valence electrons. The maximum Gasteiger partial charge on any atom is 0.407 e. The zero-order chi connectivity index (χ0) is 88.4. The number of aliphatic hydroxyl groups is 2. The molecule has 1 aliphatic heterocycles. The molecular formula is C76H125N15O25. The topological polar surface area (TPSA) is 577 Å². The van der Waals surface area contributed by atoms with Gasteiger partial charge in [0.15, 0.2) is 0 Å². The monoisotopic (exact) mass is 1650 g/mol. The Morgan fingerprint density at radius 3 is 1.27 bits per heavy atom. The molecule has 18 N–H and O–H groups in total. The van der Waals surface area contributed by atoms with Crippen molar-refractivity contribution in [2.24, 2.45) is 5.92 Å². The average Bonchev–Trinajstić information content (AvgIpc) is 0.971. The minimum Gasteiger partial charge on any atom is -0.480 e. The quantitative estimate of drug-likeness (QED) is 0.0345. The number of ether oxygens (including phenoxy) is 5. The van der Waals surface area contributed by atoms with Crippen molar-refractivity contribution in [3.8, 4) is 0 Å². The lowest BCUT2D eigenvalue weighted by Gasteiger charge is -2.29. The van der Waals surface area contributed by atoms with Crippen LogP contribution in [0.3, 0.4) is 0 Å². The Morgan fingerprint density at radius 1 is 0.448 bits per heavy atom. The van der Waals surface area contributed by atoms with Crippen molar-refractivity contribution < 1.29 is 121 Å². The number of rotatable bonds is 31. The van der Waals surface area contributed by atoms with Crippen molar-refractivity contribution in [2.75, 3.05) is 32.7 Å². The second kappa shape index (κ2) is 47.4. The van der Waals surface area contributed by atoms with E-state index in [1.807, 2.05) is 0 Å². The average molecular weight is 1650 g/mol. The Kier molecular flexibility index (Phi) is 41.4. The summed E-state index contributed by atoms with van der Waals surface area (Å²) >= 11 is 0. The second-order valence-corrected chi connectivity index (χ2v) is 33.3. The maximum atomic E-state index is 15.3. The Labute approximate surface area is 676 Å². The molecule has 1 saturated heterocycles. The van der Waals surface area contributed by atoms with Crippen molar-refractivity contribution in [1.82, 2.24) is 79.8 Å². The van der Waals surface area contributed by atoms with Crippen molar-refractivity contribution in [3.63, 3.8) is 0 Å². The Hall–Kier alpha value is -10.7. The van der Waals surface area contributed by atoms with Gasteiger partial charge in [0, 0.05) is 58.4 Å². The van der Waals surface area contributed by atoms with E-state index in [2.05, 4.69) is 79.8 Å². The van der Waals surface area contributed by atoms with Gasteiger partial charge in [-0.15, -0.1) is 0 Å². The highest BCUT2D eigenvalue weighted by atomic mass is 16.6. The zero-order valence-corrected chi connectivity index (χ0v) is 70.0. The number of amides is 15. The summed E-state index contributed by atoms with van der Waals surface area (Å²) in [5.74, 6) is -15.0. The molecule has 1 fully saturated rings. The highest BCUT2D eigenvalue weighted by Gasteiger charge is 2.39. The lowest BCUT2D eigenvalue weighted by Crippen LogP contribution is -2.61. The SMILES string of the molecule is CC(C)C[C@@H]1NC(=O)[C@H](Cc2ccccc2)NC(=O)[C@H](CCNC(=O)OC(C)(C)C)NC(=O)[C@H](NC(=O)[C@H](CCNC(=O)OC(C)(C)C)NC(=O)[C@@H](NC(=O)CCC(=O)N[C@@H](CCC(=O)OC(C)(C)C)C(=O)O)[C@H](C)O)CCNC(=O)[C@@H]([C@H](C)O)NC(=O)[C@H](CCNC(=O)OC(C)(C)C)NC(=O)[C@H](CCNC(=O)OC(C)(C)C)NC1=O. The Bertz CT molecular complexity index is 3530. The molecule has 1 aliphatic rings. The number of carbonyl (C=O) groups is 17. The number of benzene rings is 1. The highest BCUT2D eigenvalue weighted by molar-refractivity contribution is 5.99. The summed E-state index contributed by atoms with van der Waals surface area (Å²) in [5.41, 5.74) is -4.50. The summed E-state index contributed by atoms with van der Waals surface area (Å²) in [5, 5.41) is 69.1. The molecule has 15 amide bonds. The smallest absolute Gasteiger partial charge is 0.407 e. The van der Waals surface area contributed by atoms with Crippen LogP contribution in [-0.2, 0) is 92.4 Å². The number of aliphatic hydroxyl groups excluding tert-OH is 2. The molecule has 40 heteroatoms. The molecule has 0 unspecified atom stereocenters. The molecule has 0 spiro atoms. The fraction of sp³-hybridized carbons (Fsp3) is 0.697.